The first-order valence-electron chi connectivity index (χ1n) is 21.8. The molecular formula is C50H61Cl3F2N2O11. The van der Waals surface area contributed by atoms with Gasteiger partial charge in [0.15, 0.2) is 46.1 Å². The summed E-state index contributed by atoms with van der Waals surface area (Å²) in [6.45, 7) is 2.75. The second-order valence-corrected chi connectivity index (χ2v) is 17.4. The summed E-state index contributed by atoms with van der Waals surface area (Å²) in [7, 11) is 15.3. The molecule has 0 unspecified atom stereocenters. The molecule has 18 heteroatoms. The van der Waals surface area contributed by atoms with Gasteiger partial charge in [-0.3, -0.25) is 0 Å². The fourth-order valence-corrected chi connectivity index (χ4v) is 9.72. The minimum absolute atomic E-state index is 0. The van der Waals surface area contributed by atoms with Gasteiger partial charge >= 0.3 is 11.9 Å². The molecule has 372 valence electrons. The van der Waals surface area contributed by atoms with Crippen molar-refractivity contribution >= 4 is 23.5 Å². The van der Waals surface area contributed by atoms with Crippen molar-refractivity contribution < 1.29 is 94.8 Å². The predicted octanol–water partition coefficient (Wildman–Crippen LogP) is 2.10. The van der Waals surface area contributed by atoms with Gasteiger partial charge in [-0.25, -0.2) is 18.4 Å². The predicted molar refractivity (Wildman–Crippen MR) is 244 cm³/mol. The van der Waals surface area contributed by atoms with Gasteiger partial charge in [-0.2, -0.15) is 0 Å². The molecule has 0 fully saturated rings. The standard InChI is InChI=1S/C50H61ClF2N2O11.2ClH/c1-54(18-14-32-26-41(58-3)43(60-5)28-35(32)40(54)22-31-23-45(62-7)49(64-9)46(24-31)63-8)16-10-21-66-50(57)37(51)30-47(56)65-20-11-17-55(2)19-15-33-27-42(59-4)44(61-6)29-36(33)48(55)34-12-13-38(52)39(53)25-34;;/h12-13,23-30,40,48H,10-11,14-22H2,1-9H3;2*1H/q+2;;/p-2/b37-30-;;/t40-,48+,54-,55+;;/m1../s1. The number of halogens is 5. The molecule has 0 radical (unpaired) electrons. The highest BCUT2D eigenvalue weighted by atomic mass is 35.5. The van der Waals surface area contributed by atoms with Gasteiger partial charge in [-0.15, -0.1) is 0 Å². The van der Waals surface area contributed by atoms with Crippen LogP contribution in [0, 0.1) is 11.6 Å². The van der Waals surface area contributed by atoms with E-state index in [0.29, 0.717) is 100 Å². The molecule has 0 aliphatic carbocycles. The zero-order valence-corrected chi connectivity index (χ0v) is 42.2. The zero-order valence-electron chi connectivity index (χ0n) is 40.0. The number of quaternary nitrogens is 2. The number of rotatable bonds is 20. The Morgan fingerprint density at radius 1 is 0.632 bits per heavy atom. The van der Waals surface area contributed by atoms with Gasteiger partial charge in [0.2, 0.25) is 5.75 Å². The van der Waals surface area contributed by atoms with E-state index in [-0.39, 0.29) is 50.1 Å². The number of hydrogen-bond donors (Lipinski definition) is 0. The van der Waals surface area contributed by atoms with Crippen LogP contribution in [0.25, 0.3) is 0 Å². The Hall–Kier alpha value is -5.19. The van der Waals surface area contributed by atoms with Crippen molar-refractivity contribution in [1.82, 2.24) is 0 Å². The third-order valence-corrected chi connectivity index (χ3v) is 13.3. The van der Waals surface area contributed by atoms with Crippen molar-refractivity contribution in [2.75, 3.05) is 103 Å². The molecule has 0 spiro atoms. The fraction of sp³-hybridized carbons (Fsp3) is 0.440. The van der Waals surface area contributed by atoms with Gasteiger partial charge in [0.1, 0.15) is 17.1 Å². The molecule has 2 aliphatic heterocycles. The lowest BCUT2D eigenvalue weighted by molar-refractivity contribution is -0.941. The summed E-state index contributed by atoms with van der Waals surface area (Å²) in [5, 5.41) is -0.400. The lowest BCUT2D eigenvalue weighted by atomic mass is 9.85. The second-order valence-electron chi connectivity index (χ2n) is 17.0. The number of carbonyl (C=O) groups is 2. The van der Waals surface area contributed by atoms with Crippen molar-refractivity contribution in [1.29, 1.82) is 0 Å². The Morgan fingerprint density at radius 2 is 1.13 bits per heavy atom. The van der Waals surface area contributed by atoms with E-state index in [4.69, 9.17) is 54.2 Å². The highest BCUT2D eigenvalue weighted by Gasteiger charge is 2.42. The number of nitrogens with zero attached hydrogens (tertiary/aromatic N) is 2. The van der Waals surface area contributed by atoms with Gasteiger partial charge < -0.3 is 76.4 Å². The number of esters is 2. The molecule has 0 aromatic heterocycles. The fourth-order valence-electron chi connectivity index (χ4n) is 9.58. The number of hydrogen-bond acceptors (Lipinski definition) is 11. The monoisotopic (exact) mass is 1010 g/mol. The van der Waals surface area contributed by atoms with Crippen LogP contribution in [0.1, 0.15) is 58.3 Å². The first-order chi connectivity index (χ1) is 31.7. The van der Waals surface area contributed by atoms with E-state index < -0.39 is 28.6 Å². The van der Waals surface area contributed by atoms with Gasteiger partial charge in [0.05, 0.1) is 103 Å². The Balaban J connectivity index is 0.00000504. The molecular weight excluding hydrogens is 949 g/mol. The normalized spacial score (nSPS) is 19.4. The van der Waals surface area contributed by atoms with E-state index in [9.17, 15) is 18.4 Å². The van der Waals surface area contributed by atoms with Crippen LogP contribution in [0.15, 0.2) is 65.7 Å². The van der Waals surface area contributed by atoms with Gasteiger partial charge in [0, 0.05) is 54.9 Å². The molecule has 4 atom stereocenters. The number of benzene rings is 4. The molecule has 0 saturated carbocycles. The smallest absolute Gasteiger partial charge is 0.350 e. The van der Waals surface area contributed by atoms with Crippen molar-refractivity contribution in [3.8, 4) is 40.2 Å². The quantitative estimate of drug-likeness (QED) is 0.0562. The molecule has 13 nitrogen and oxygen atoms in total. The van der Waals surface area contributed by atoms with Crippen LogP contribution in [-0.2, 0) is 38.3 Å². The summed E-state index contributed by atoms with van der Waals surface area (Å²) in [6, 6.07) is 15.4. The van der Waals surface area contributed by atoms with Crippen LogP contribution < -0.4 is 58.0 Å². The Labute approximate surface area is 415 Å². The molecule has 6 rings (SSSR count). The first-order valence-corrected chi connectivity index (χ1v) is 22.2. The lowest BCUT2D eigenvalue weighted by Crippen LogP contribution is -3.00. The molecule has 68 heavy (non-hydrogen) atoms. The first kappa shape index (κ1) is 55.4. The molecule has 4 aromatic carbocycles. The van der Waals surface area contributed by atoms with Crippen LogP contribution >= 0.6 is 11.6 Å². The molecule has 0 saturated heterocycles. The molecule has 0 amide bonds. The summed E-state index contributed by atoms with van der Waals surface area (Å²) in [5.41, 5.74) is 5.80. The van der Waals surface area contributed by atoms with E-state index in [1.54, 1.807) is 55.8 Å². The largest absolute Gasteiger partial charge is 1.00 e. The van der Waals surface area contributed by atoms with Gasteiger partial charge in [-0.1, -0.05) is 11.6 Å². The highest BCUT2D eigenvalue weighted by Crippen LogP contribution is 2.46. The van der Waals surface area contributed by atoms with E-state index >= 15 is 0 Å². The summed E-state index contributed by atoms with van der Waals surface area (Å²) < 4.78 is 80.2. The highest BCUT2D eigenvalue weighted by molar-refractivity contribution is 6.42. The Kier molecular flexibility index (Phi) is 19.9. The number of fused-ring (bicyclic) bond motifs is 2. The maximum absolute atomic E-state index is 14.6. The van der Waals surface area contributed by atoms with Crippen LogP contribution in [0.4, 0.5) is 8.78 Å². The molecule has 4 aromatic rings. The number of ether oxygens (including phenoxy) is 9. The van der Waals surface area contributed by atoms with Gasteiger partial charge in [-0.05, 0) is 71.3 Å². The molecule has 2 heterocycles. The Bertz CT molecular complexity index is 2420. The van der Waals surface area contributed by atoms with E-state index in [2.05, 4.69) is 7.05 Å². The summed E-state index contributed by atoms with van der Waals surface area (Å²) in [6.07, 6.45) is 3.98. The number of carbonyl (C=O) groups excluding carboxylic acids is 2. The minimum Gasteiger partial charge on any atom is -1.00 e. The van der Waals surface area contributed by atoms with E-state index in [1.165, 1.54) is 6.07 Å². The van der Waals surface area contributed by atoms with E-state index in [1.807, 2.05) is 43.4 Å². The van der Waals surface area contributed by atoms with Crippen LogP contribution in [-0.4, -0.2) is 124 Å². The summed E-state index contributed by atoms with van der Waals surface area (Å²) >= 11 is 6.29. The topological polar surface area (TPSA) is 117 Å². The van der Waals surface area contributed by atoms with Crippen molar-refractivity contribution in [3.05, 3.63) is 111 Å². The molecule has 2 aliphatic rings. The SMILES string of the molecule is COc1cc2c(cc1OC)[C@H](c1ccc(F)c(F)c1)[N@@+](C)(CCCOC(=O)/C=C(\Cl)C(=O)OCCC[N@+]1(C)CCc3cc(OC)c(OC)cc3[C@H]1Cc1cc(OC)c(OC)c(OC)c1)CC2.[Cl-].[Cl-]. The summed E-state index contributed by atoms with van der Waals surface area (Å²) in [5.74, 6) is 0.545. The van der Waals surface area contributed by atoms with Crippen molar-refractivity contribution in [2.45, 2.75) is 44.2 Å². The van der Waals surface area contributed by atoms with Gasteiger partial charge in [0.25, 0.3) is 0 Å². The number of methoxy groups -OCH3 is 7. The van der Waals surface area contributed by atoms with Crippen molar-refractivity contribution in [3.63, 3.8) is 0 Å². The zero-order chi connectivity index (χ0) is 47.8. The third kappa shape index (κ3) is 12.1. The van der Waals surface area contributed by atoms with E-state index in [0.717, 1.165) is 52.9 Å². The lowest BCUT2D eigenvalue weighted by Gasteiger charge is -2.46. The Morgan fingerprint density at radius 3 is 1.68 bits per heavy atom. The van der Waals surface area contributed by atoms with Crippen LogP contribution in [0.2, 0.25) is 0 Å². The molecule has 0 bridgehead atoms. The second kappa shape index (κ2) is 24.4. The van der Waals surface area contributed by atoms with Crippen molar-refractivity contribution in [2.24, 2.45) is 0 Å². The average molecular weight is 1010 g/mol. The minimum atomic E-state index is -0.938. The maximum atomic E-state index is 14.6. The maximum Gasteiger partial charge on any atom is 0.350 e. The summed E-state index contributed by atoms with van der Waals surface area (Å²) in [4.78, 5) is 25.9. The number of likely N-dealkylation sites (N-methyl/N-ethyl adjacent to an activating group) is 2. The van der Waals surface area contributed by atoms with Crippen LogP contribution in [0.5, 0.6) is 40.2 Å². The average Bonchev–Trinajstić information content (AvgIpc) is 3.32. The van der Waals surface area contributed by atoms with Crippen LogP contribution in [0.3, 0.4) is 0 Å². The molecule has 0 N–H and O–H groups in total. The third-order valence-electron chi connectivity index (χ3n) is 13.1.